The molecule has 0 aromatic carbocycles. The molecule has 0 saturated heterocycles. The second-order valence-electron chi connectivity index (χ2n) is 4.37. The molecule has 0 amide bonds. The van der Waals surface area contributed by atoms with Crippen LogP contribution in [0.25, 0.3) is 0 Å². The molecule has 0 fully saturated rings. The highest BCUT2D eigenvalue weighted by atomic mass is 19.4. The molecule has 1 rings (SSSR count). The van der Waals surface area contributed by atoms with Gasteiger partial charge in [-0.25, -0.2) is 0 Å². The molecule has 8 heteroatoms. The van der Waals surface area contributed by atoms with E-state index in [0.29, 0.717) is 12.8 Å². The first kappa shape index (κ1) is 15.5. The summed E-state index contributed by atoms with van der Waals surface area (Å²) in [5.74, 6) is -1.58. The Bertz CT molecular complexity index is 439. The van der Waals surface area contributed by atoms with E-state index in [2.05, 4.69) is 10.1 Å². The van der Waals surface area contributed by atoms with Crippen molar-refractivity contribution in [1.29, 1.82) is 0 Å². The number of carboxylic acids is 1. The highest BCUT2D eigenvalue weighted by molar-refractivity contribution is 5.74. The largest absolute Gasteiger partial charge is 0.481 e. The fourth-order valence-electron chi connectivity index (χ4n) is 1.78. The van der Waals surface area contributed by atoms with Gasteiger partial charge in [-0.3, -0.25) is 4.79 Å². The van der Waals surface area contributed by atoms with Crippen LogP contribution >= 0.6 is 0 Å². The molecule has 0 spiro atoms. The van der Waals surface area contributed by atoms with Gasteiger partial charge < -0.3 is 9.63 Å². The number of hydrogen-bond acceptors (Lipinski definition) is 4. The van der Waals surface area contributed by atoms with E-state index >= 15 is 0 Å². The molecule has 0 radical (unpaired) electrons. The summed E-state index contributed by atoms with van der Waals surface area (Å²) in [5.41, 5.74) is -1.08. The van der Waals surface area contributed by atoms with E-state index in [1.54, 1.807) is 13.8 Å². The Morgan fingerprint density at radius 3 is 2.26 bits per heavy atom. The zero-order chi connectivity index (χ0) is 14.7. The Labute approximate surface area is 107 Å². The summed E-state index contributed by atoms with van der Waals surface area (Å²) >= 11 is 0. The highest BCUT2D eigenvalue weighted by Crippen LogP contribution is 2.31. The first-order chi connectivity index (χ1) is 8.72. The Morgan fingerprint density at radius 1 is 1.26 bits per heavy atom. The lowest BCUT2D eigenvalue weighted by Crippen LogP contribution is -2.32. The van der Waals surface area contributed by atoms with E-state index in [1.807, 2.05) is 0 Å². The van der Waals surface area contributed by atoms with E-state index in [1.165, 1.54) is 0 Å². The predicted molar refractivity (Wildman–Crippen MR) is 58.4 cm³/mol. The maximum atomic E-state index is 12.1. The van der Waals surface area contributed by atoms with Crippen molar-refractivity contribution in [3.8, 4) is 0 Å². The average Bonchev–Trinajstić information content (AvgIpc) is 2.70. The van der Waals surface area contributed by atoms with Gasteiger partial charge in [0.05, 0.1) is 5.41 Å². The van der Waals surface area contributed by atoms with Gasteiger partial charge >= 0.3 is 12.1 Å². The molecule has 0 saturated carbocycles. The van der Waals surface area contributed by atoms with Gasteiger partial charge in [-0.1, -0.05) is 19.0 Å². The van der Waals surface area contributed by atoms with Crippen molar-refractivity contribution in [2.24, 2.45) is 5.41 Å². The van der Waals surface area contributed by atoms with Crippen molar-refractivity contribution in [3.05, 3.63) is 11.7 Å². The molecule has 1 aromatic rings. The summed E-state index contributed by atoms with van der Waals surface area (Å²) in [7, 11) is 0. The van der Waals surface area contributed by atoms with Crippen LogP contribution in [0.3, 0.4) is 0 Å². The third-order valence-electron chi connectivity index (χ3n) is 3.17. The zero-order valence-corrected chi connectivity index (χ0v) is 10.6. The Hall–Kier alpha value is -1.60. The smallest absolute Gasteiger partial charge is 0.396 e. The van der Waals surface area contributed by atoms with Crippen LogP contribution in [-0.4, -0.2) is 27.4 Å². The number of hydrogen-bond donors (Lipinski definition) is 1. The second kappa shape index (κ2) is 5.58. The monoisotopic (exact) mass is 280 g/mol. The van der Waals surface area contributed by atoms with Crippen LogP contribution in [0.5, 0.6) is 0 Å². The minimum Gasteiger partial charge on any atom is -0.481 e. The van der Waals surface area contributed by atoms with Gasteiger partial charge in [0.1, 0.15) is 6.42 Å². The first-order valence-corrected chi connectivity index (χ1v) is 5.84. The van der Waals surface area contributed by atoms with Crippen LogP contribution in [0.15, 0.2) is 4.52 Å². The van der Waals surface area contributed by atoms with Gasteiger partial charge in [-0.05, 0) is 12.8 Å². The van der Waals surface area contributed by atoms with Crippen LogP contribution in [0.1, 0.15) is 38.4 Å². The Kier molecular flexibility index (Phi) is 4.54. The fraction of sp³-hybridized carbons (Fsp3) is 0.727. The van der Waals surface area contributed by atoms with E-state index < -0.39 is 29.8 Å². The maximum absolute atomic E-state index is 12.1. The van der Waals surface area contributed by atoms with Gasteiger partial charge in [-0.15, -0.1) is 0 Å². The topological polar surface area (TPSA) is 76.2 Å². The van der Waals surface area contributed by atoms with Gasteiger partial charge in [0.15, 0.2) is 5.82 Å². The van der Waals surface area contributed by atoms with Crippen LogP contribution < -0.4 is 0 Å². The normalized spacial score (nSPS) is 12.7. The molecule has 1 heterocycles. The number of aromatic nitrogens is 2. The van der Waals surface area contributed by atoms with E-state index in [4.69, 9.17) is 4.52 Å². The zero-order valence-electron chi connectivity index (χ0n) is 10.6. The Balaban J connectivity index is 2.85. The summed E-state index contributed by atoms with van der Waals surface area (Å²) in [6, 6.07) is 0. The van der Waals surface area contributed by atoms with Crippen LogP contribution in [0, 0.1) is 5.41 Å². The van der Waals surface area contributed by atoms with Crippen LogP contribution in [0.4, 0.5) is 13.2 Å². The van der Waals surface area contributed by atoms with Crippen molar-refractivity contribution in [3.63, 3.8) is 0 Å². The fourth-order valence-corrected chi connectivity index (χ4v) is 1.78. The highest BCUT2D eigenvalue weighted by Gasteiger charge is 2.37. The first-order valence-electron chi connectivity index (χ1n) is 5.84. The molecule has 0 unspecified atom stereocenters. The van der Waals surface area contributed by atoms with E-state index in [0.717, 1.165) is 0 Å². The quantitative estimate of drug-likeness (QED) is 0.866. The summed E-state index contributed by atoms with van der Waals surface area (Å²) in [6.07, 6.45) is -5.11. The second-order valence-corrected chi connectivity index (χ2v) is 4.37. The molecular weight excluding hydrogens is 265 g/mol. The average molecular weight is 280 g/mol. The molecule has 19 heavy (non-hydrogen) atoms. The number of rotatable bonds is 6. The number of halogens is 3. The number of aliphatic carboxylic acids is 1. The molecule has 0 aliphatic heterocycles. The molecule has 108 valence electrons. The van der Waals surface area contributed by atoms with Crippen molar-refractivity contribution in [2.75, 3.05) is 0 Å². The van der Waals surface area contributed by atoms with Crippen LogP contribution in [0.2, 0.25) is 0 Å². The standard InChI is InChI=1S/C11H15F3N2O3/c1-3-10(4-2,9(17)18)6-8-15-7(16-19-8)5-11(12,13)14/h3-6H2,1-2H3,(H,17,18). The third kappa shape index (κ3) is 3.93. The minimum atomic E-state index is -4.42. The van der Waals surface area contributed by atoms with Gasteiger partial charge in [-0.2, -0.15) is 18.2 Å². The van der Waals surface area contributed by atoms with Crippen molar-refractivity contribution in [1.82, 2.24) is 10.1 Å². The molecule has 0 aliphatic carbocycles. The SMILES string of the molecule is CCC(CC)(Cc1nc(CC(F)(F)F)no1)C(=O)O. The number of alkyl halides is 3. The molecule has 5 nitrogen and oxygen atoms in total. The predicted octanol–water partition coefficient (Wildman–Crippen LogP) is 2.61. The van der Waals surface area contributed by atoms with Crippen LogP contribution in [-0.2, 0) is 17.6 Å². The van der Waals surface area contributed by atoms with Crippen molar-refractivity contribution < 1.29 is 27.6 Å². The summed E-state index contributed by atoms with van der Waals surface area (Å²) in [6.45, 7) is 3.40. The molecule has 0 bridgehead atoms. The van der Waals surface area contributed by atoms with Gasteiger partial charge in [0.2, 0.25) is 5.89 Å². The molecule has 0 aliphatic rings. The lowest BCUT2D eigenvalue weighted by atomic mass is 9.79. The number of carbonyl (C=O) groups is 1. The van der Waals surface area contributed by atoms with E-state index in [9.17, 15) is 23.1 Å². The molecule has 0 atom stereocenters. The molecule has 1 N–H and O–H groups in total. The summed E-state index contributed by atoms with van der Waals surface area (Å²) in [5, 5.41) is 12.4. The van der Waals surface area contributed by atoms with E-state index in [-0.39, 0.29) is 12.3 Å². The summed E-state index contributed by atoms with van der Waals surface area (Å²) < 4.78 is 41.1. The van der Waals surface area contributed by atoms with Crippen molar-refractivity contribution in [2.45, 2.75) is 45.7 Å². The number of nitrogens with zero attached hydrogens (tertiary/aromatic N) is 2. The Morgan fingerprint density at radius 2 is 1.84 bits per heavy atom. The van der Waals surface area contributed by atoms with Gasteiger partial charge in [0, 0.05) is 6.42 Å². The number of carboxylic acid groups (broad SMARTS) is 1. The molecular formula is C11H15F3N2O3. The molecule has 1 aromatic heterocycles. The lowest BCUT2D eigenvalue weighted by molar-refractivity contribution is -0.149. The van der Waals surface area contributed by atoms with Gasteiger partial charge in [0.25, 0.3) is 0 Å². The summed E-state index contributed by atoms with van der Waals surface area (Å²) in [4.78, 5) is 14.9. The lowest BCUT2D eigenvalue weighted by Gasteiger charge is -2.24. The third-order valence-corrected chi connectivity index (χ3v) is 3.17. The van der Waals surface area contributed by atoms with Crippen molar-refractivity contribution >= 4 is 5.97 Å². The minimum absolute atomic E-state index is 0.0693. The maximum Gasteiger partial charge on any atom is 0.396 e.